The quantitative estimate of drug-likeness (QED) is 0.489. The summed E-state index contributed by atoms with van der Waals surface area (Å²) in [5.41, 5.74) is 1.45. The van der Waals surface area contributed by atoms with Crippen molar-refractivity contribution in [2.75, 3.05) is 23.7 Å². The summed E-state index contributed by atoms with van der Waals surface area (Å²) in [7, 11) is -3.77. The van der Waals surface area contributed by atoms with Crippen LogP contribution < -0.4 is 16.2 Å². The van der Waals surface area contributed by atoms with Gasteiger partial charge in [0.2, 0.25) is 21.5 Å². The topological polar surface area (TPSA) is 128 Å². The molecule has 0 aliphatic heterocycles. The monoisotopic (exact) mass is 470 g/mol. The number of amides is 2. The minimum atomic E-state index is -3.77. The van der Waals surface area contributed by atoms with Gasteiger partial charge in [-0.1, -0.05) is 19.9 Å². The molecule has 0 bridgehead atoms. The standard InChI is InChI=1S/C23H26N4O5S/c1-5-27(6-2)33(31,32)16-8-10-19-17(12-16)18(13-22(29)25-19)23(30)26-21-11-14(3)7-9-20(21)24-15(4)28/h7-13H,5-6H2,1-4H3,(H,24,28)(H,25,29)(H,26,30). The van der Waals surface area contributed by atoms with E-state index in [1.807, 2.05) is 6.92 Å². The number of sulfonamides is 1. The Bertz CT molecular complexity index is 1390. The second-order valence-electron chi connectivity index (χ2n) is 7.53. The first-order valence-electron chi connectivity index (χ1n) is 10.4. The van der Waals surface area contributed by atoms with Crippen LogP contribution in [0.25, 0.3) is 10.9 Å². The van der Waals surface area contributed by atoms with E-state index in [9.17, 15) is 22.8 Å². The summed E-state index contributed by atoms with van der Waals surface area (Å²) in [6.07, 6.45) is 0. The summed E-state index contributed by atoms with van der Waals surface area (Å²) in [5.74, 6) is -0.914. The molecule has 1 aromatic heterocycles. The third-order valence-corrected chi connectivity index (χ3v) is 7.18. The lowest BCUT2D eigenvalue weighted by atomic mass is 10.1. The Labute approximate surface area is 191 Å². The number of aromatic nitrogens is 1. The number of fused-ring (bicyclic) bond motifs is 1. The maximum absolute atomic E-state index is 13.2. The number of nitrogens with zero attached hydrogens (tertiary/aromatic N) is 1. The van der Waals surface area contributed by atoms with Crippen LogP contribution in [0.5, 0.6) is 0 Å². The molecule has 2 amide bonds. The summed E-state index contributed by atoms with van der Waals surface area (Å²) in [6.45, 7) is 7.28. The highest BCUT2D eigenvalue weighted by Gasteiger charge is 2.23. The van der Waals surface area contributed by atoms with Crippen molar-refractivity contribution in [3.63, 3.8) is 0 Å². The number of hydrogen-bond donors (Lipinski definition) is 3. The van der Waals surface area contributed by atoms with Gasteiger partial charge in [-0.2, -0.15) is 4.31 Å². The predicted octanol–water partition coefficient (Wildman–Crippen LogP) is 3.08. The molecule has 0 unspecified atom stereocenters. The van der Waals surface area contributed by atoms with Crippen molar-refractivity contribution in [1.82, 2.24) is 9.29 Å². The Morgan fingerprint density at radius 2 is 1.67 bits per heavy atom. The van der Waals surface area contributed by atoms with Gasteiger partial charge in [0.25, 0.3) is 5.91 Å². The minimum Gasteiger partial charge on any atom is -0.325 e. The van der Waals surface area contributed by atoms with Gasteiger partial charge in [0.15, 0.2) is 0 Å². The van der Waals surface area contributed by atoms with E-state index in [1.54, 1.807) is 32.0 Å². The largest absolute Gasteiger partial charge is 0.325 e. The Balaban J connectivity index is 2.11. The molecule has 3 aromatic rings. The number of carbonyl (C=O) groups is 2. The first-order valence-corrected chi connectivity index (χ1v) is 11.9. The fourth-order valence-corrected chi connectivity index (χ4v) is 5.03. The van der Waals surface area contributed by atoms with Crippen molar-refractivity contribution in [2.24, 2.45) is 0 Å². The lowest BCUT2D eigenvalue weighted by Crippen LogP contribution is -2.30. The molecule has 0 saturated carbocycles. The zero-order valence-corrected chi connectivity index (χ0v) is 19.7. The first kappa shape index (κ1) is 24.1. The zero-order chi connectivity index (χ0) is 24.3. The van der Waals surface area contributed by atoms with Crippen LogP contribution in [0.4, 0.5) is 11.4 Å². The molecule has 1 heterocycles. The first-order chi connectivity index (χ1) is 15.6. The van der Waals surface area contributed by atoms with Gasteiger partial charge < -0.3 is 15.6 Å². The molecule has 3 N–H and O–H groups in total. The van der Waals surface area contributed by atoms with E-state index in [4.69, 9.17) is 0 Å². The molecule has 0 spiro atoms. The number of aromatic amines is 1. The van der Waals surface area contributed by atoms with E-state index in [0.29, 0.717) is 30.0 Å². The minimum absolute atomic E-state index is 0.0145. The van der Waals surface area contributed by atoms with Crippen molar-refractivity contribution in [1.29, 1.82) is 0 Å². The van der Waals surface area contributed by atoms with Crippen molar-refractivity contribution >= 4 is 44.1 Å². The second kappa shape index (κ2) is 9.55. The molecule has 9 nitrogen and oxygen atoms in total. The molecule has 0 aliphatic carbocycles. The molecule has 2 aromatic carbocycles. The number of hydrogen-bond acceptors (Lipinski definition) is 5. The SMILES string of the molecule is CCN(CC)S(=O)(=O)c1ccc2[nH]c(=O)cc(C(=O)Nc3cc(C)ccc3NC(C)=O)c2c1. The van der Waals surface area contributed by atoms with Gasteiger partial charge in [0.1, 0.15) is 0 Å². The normalized spacial score (nSPS) is 11.5. The highest BCUT2D eigenvalue weighted by atomic mass is 32.2. The Morgan fingerprint density at radius 1 is 0.970 bits per heavy atom. The molecule has 0 atom stereocenters. The van der Waals surface area contributed by atoms with Crippen LogP contribution >= 0.6 is 0 Å². The van der Waals surface area contributed by atoms with Crippen LogP contribution in [0, 0.1) is 6.92 Å². The van der Waals surface area contributed by atoms with Crippen LogP contribution in [0.1, 0.15) is 36.7 Å². The number of rotatable bonds is 7. The highest BCUT2D eigenvalue weighted by Crippen LogP contribution is 2.26. The second-order valence-corrected chi connectivity index (χ2v) is 9.47. The molecule has 174 valence electrons. The van der Waals surface area contributed by atoms with Gasteiger partial charge in [-0.15, -0.1) is 0 Å². The van der Waals surface area contributed by atoms with Crippen molar-refractivity contribution in [2.45, 2.75) is 32.6 Å². The van der Waals surface area contributed by atoms with E-state index in [-0.39, 0.29) is 21.8 Å². The van der Waals surface area contributed by atoms with Gasteiger partial charge in [0.05, 0.1) is 21.8 Å². The number of nitrogens with one attached hydrogen (secondary N) is 3. The molecule has 0 fully saturated rings. The number of benzene rings is 2. The average Bonchev–Trinajstić information content (AvgIpc) is 2.75. The number of pyridine rings is 1. The fourth-order valence-electron chi connectivity index (χ4n) is 3.54. The van der Waals surface area contributed by atoms with E-state index in [2.05, 4.69) is 15.6 Å². The van der Waals surface area contributed by atoms with Crippen LogP contribution in [-0.2, 0) is 14.8 Å². The van der Waals surface area contributed by atoms with E-state index >= 15 is 0 Å². The predicted molar refractivity (Wildman–Crippen MR) is 128 cm³/mol. The molecule has 0 radical (unpaired) electrons. The molecule has 0 saturated heterocycles. The van der Waals surface area contributed by atoms with Gasteiger partial charge in [-0.25, -0.2) is 8.42 Å². The Hall–Kier alpha value is -3.50. The lowest BCUT2D eigenvalue weighted by Gasteiger charge is -2.19. The van der Waals surface area contributed by atoms with E-state index in [1.165, 1.54) is 29.4 Å². The molecule has 10 heteroatoms. The lowest BCUT2D eigenvalue weighted by molar-refractivity contribution is -0.114. The summed E-state index contributed by atoms with van der Waals surface area (Å²) < 4.78 is 27.3. The van der Waals surface area contributed by atoms with Gasteiger partial charge in [0, 0.05) is 37.0 Å². The van der Waals surface area contributed by atoms with Crippen molar-refractivity contribution in [3.8, 4) is 0 Å². The van der Waals surface area contributed by atoms with Crippen LogP contribution in [0.15, 0.2) is 52.2 Å². The van der Waals surface area contributed by atoms with Gasteiger partial charge >= 0.3 is 0 Å². The number of H-pyrrole nitrogens is 1. The molecule has 33 heavy (non-hydrogen) atoms. The van der Waals surface area contributed by atoms with Crippen molar-refractivity contribution < 1.29 is 18.0 Å². The van der Waals surface area contributed by atoms with Crippen LogP contribution in [0.2, 0.25) is 0 Å². The fraction of sp³-hybridized carbons (Fsp3) is 0.261. The molecule has 3 rings (SSSR count). The number of aryl methyl sites for hydroxylation is 1. The summed E-state index contributed by atoms with van der Waals surface area (Å²) >= 11 is 0. The molecular weight excluding hydrogens is 444 g/mol. The Morgan fingerprint density at radius 3 is 2.30 bits per heavy atom. The highest BCUT2D eigenvalue weighted by molar-refractivity contribution is 7.89. The maximum Gasteiger partial charge on any atom is 0.256 e. The number of carbonyl (C=O) groups excluding carboxylic acids is 2. The van der Waals surface area contributed by atoms with E-state index < -0.39 is 21.5 Å². The smallest absolute Gasteiger partial charge is 0.256 e. The third kappa shape index (κ3) is 5.12. The third-order valence-electron chi connectivity index (χ3n) is 5.14. The van der Waals surface area contributed by atoms with Gasteiger partial charge in [-0.3, -0.25) is 14.4 Å². The molecular formula is C23H26N4O5S. The zero-order valence-electron chi connectivity index (χ0n) is 18.9. The average molecular weight is 471 g/mol. The van der Waals surface area contributed by atoms with Gasteiger partial charge in [-0.05, 0) is 42.8 Å². The molecule has 0 aliphatic rings. The summed E-state index contributed by atoms with van der Waals surface area (Å²) in [4.78, 5) is 39.6. The van der Waals surface area contributed by atoms with E-state index in [0.717, 1.165) is 11.6 Å². The summed E-state index contributed by atoms with van der Waals surface area (Å²) in [5, 5.41) is 5.67. The van der Waals surface area contributed by atoms with Crippen LogP contribution in [-0.4, -0.2) is 42.6 Å². The number of anilines is 2. The van der Waals surface area contributed by atoms with Crippen molar-refractivity contribution in [3.05, 3.63) is 63.9 Å². The maximum atomic E-state index is 13.2. The summed E-state index contributed by atoms with van der Waals surface area (Å²) in [6, 6.07) is 10.5. The van der Waals surface area contributed by atoms with Crippen LogP contribution in [0.3, 0.4) is 0 Å². The Kier molecular flexibility index (Phi) is 6.99.